The number of nitrogens with zero attached hydrogens (tertiary/aromatic N) is 6. The summed E-state index contributed by atoms with van der Waals surface area (Å²) in [5.41, 5.74) is 3.27. The second kappa shape index (κ2) is 17.9. The molecule has 6 aromatic rings. The quantitative estimate of drug-likeness (QED) is 0.137. The summed E-state index contributed by atoms with van der Waals surface area (Å²) in [6.45, 7) is 0. The molecule has 0 aliphatic rings. The molecule has 12 heteroatoms. The molecule has 0 amide bonds. The molecule has 0 aliphatic heterocycles. The fourth-order valence-corrected chi connectivity index (χ4v) is 4.82. The third-order valence-corrected chi connectivity index (χ3v) is 7.43. The average Bonchev–Trinajstić information content (AvgIpc) is 3.18. The minimum absolute atomic E-state index is 0.193. The largest absolute Gasteiger partial charge is 0.478 e. The van der Waals surface area contributed by atoms with Gasteiger partial charge < -0.3 is 30.0 Å². The number of aromatic nitrogens is 3. The molecule has 6 rings (SSSR count). The molecule has 3 heterocycles. The van der Waals surface area contributed by atoms with Crippen LogP contribution in [0.4, 0.5) is 34.5 Å². The second-order valence-electron chi connectivity index (χ2n) is 10.7. The molecule has 3 N–H and O–H groups in total. The van der Waals surface area contributed by atoms with Gasteiger partial charge in [-0.15, -0.1) is 0 Å². The van der Waals surface area contributed by atoms with E-state index in [4.69, 9.17) is 15.3 Å². The summed E-state index contributed by atoms with van der Waals surface area (Å²) < 4.78 is 0. The first-order valence-electron chi connectivity index (χ1n) is 15.5. The summed E-state index contributed by atoms with van der Waals surface area (Å²) >= 11 is 0. The highest BCUT2D eigenvalue weighted by molar-refractivity contribution is 5.95. The molecule has 3 aromatic carbocycles. The fourth-order valence-electron chi connectivity index (χ4n) is 4.82. The third kappa shape index (κ3) is 9.74. The van der Waals surface area contributed by atoms with Crippen LogP contribution in [0.3, 0.4) is 0 Å². The van der Waals surface area contributed by atoms with Crippen molar-refractivity contribution in [2.75, 3.05) is 35.8 Å². The van der Waals surface area contributed by atoms with Crippen molar-refractivity contribution >= 4 is 52.4 Å². The van der Waals surface area contributed by atoms with Crippen molar-refractivity contribution in [1.82, 2.24) is 15.0 Å². The number of anilines is 6. The molecule has 0 saturated heterocycles. The zero-order valence-electron chi connectivity index (χ0n) is 28.1. The number of aromatic carboxylic acids is 3. The van der Waals surface area contributed by atoms with Crippen LogP contribution in [0.2, 0.25) is 0 Å². The van der Waals surface area contributed by atoms with E-state index in [2.05, 4.69) is 15.0 Å². The molecule has 12 nitrogen and oxygen atoms in total. The second-order valence-corrected chi connectivity index (χ2v) is 10.7. The maximum absolute atomic E-state index is 11.1. The lowest BCUT2D eigenvalue weighted by molar-refractivity contribution is 0.0686. The van der Waals surface area contributed by atoms with E-state index in [9.17, 15) is 14.4 Å². The van der Waals surface area contributed by atoms with Crippen molar-refractivity contribution in [2.45, 2.75) is 0 Å². The Hall–Kier alpha value is -7.08. The summed E-state index contributed by atoms with van der Waals surface area (Å²) in [7, 11) is 5.39. The van der Waals surface area contributed by atoms with E-state index in [1.807, 2.05) is 91.0 Å². The van der Waals surface area contributed by atoms with E-state index in [1.165, 1.54) is 0 Å². The van der Waals surface area contributed by atoms with Crippen molar-refractivity contribution in [1.29, 1.82) is 0 Å². The normalized spacial score (nSPS) is 9.94. The van der Waals surface area contributed by atoms with Crippen LogP contribution in [0.1, 0.15) is 31.1 Å². The smallest absolute Gasteiger partial charge is 0.339 e. The number of carboxylic acids is 3. The Kier molecular flexibility index (Phi) is 12.9. The van der Waals surface area contributed by atoms with Gasteiger partial charge in [0.05, 0.1) is 0 Å². The topological polar surface area (TPSA) is 160 Å². The summed E-state index contributed by atoms with van der Waals surface area (Å²) in [5.74, 6) is -1.62. The van der Waals surface area contributed by atoms with Crippen LogP contribution in [0.15, 0.2) is 146 Å². The molecule has 0 spiro atoms. The van der Waals surface area contributed by atoms with Crippen molar-refractivity contribution in [2.24, 2.45) is 0 Å². The summed E-state index contributed by atoms with van der Waals surface area (Å²) in [4.78, 5) is 50.9. The molecule has 0 unspecified atom stereocenters. The van der Waals surface area contributed by atoms with Gasteiger partial charge in [-0.05, 0) is 72.8 Å². The zero-order valence-corrected chi connectivity index (χ0v) is 28.1. The predicted molar refractivity (Wildman–Crippen MR) is 197 cm³/mol. The molecule has 0 aliphatic carbocycles. The summed E-state index contributed by atoms with van der Waals surface area (Å²) in [5, 5.41) is 27.3. The molecular formula is C39H36N6O6. The number of para-hydroxylation sites is 3. The van der Waals surface area contributed by atoms with Gasteiger partial charge in [-0.2, -0.15) is 0 Å². The van der Waals surface area contributed by atoms with Gasteiger partial charge in [-0.3, -0.25) is 0 Å². The average molecular weight is 685 g/mol. The monoisotopic (exact) mass is 684 g/mol. The molecule has 0 fully saturated rings. The number of hydrogen-bond acceptors (Lipinski definition) is 9. The van der Waals surface area contributed by atoms with Crippen molar-refractivity contribution in [3.05, 3.63) is 163 Å². The van der Waals surface area contributed by atoms with Crippen LogP contribution in [-0.2, 0) is 0 Å². The van der Waals surface area contributed by atoms with Crippen molar-refractivity contribution in [3.63, 3.8) is 0 Å². The maximum atomic E-state index is 11.1. The van der Waals surface area contributed by atoms with Crippen molar-refractivity contribution < 1.29 is 29.7 Å². The van der Waals surface area contributed by atoms with Crippen LogP contribution < -0.4 is 14.7 Å². The highest BCUT2D eigenvalue weighted by Gasteiger charge is 2.17. The Labute approximate surface area is 295 Å². The number of rotatable bonds is 9. The zero-order chi connectivity index (χ0) is 36.8. The summed E-state index contributed by atoms with van der Waals surface area (Å²) in [6, 6.07) is 38.0. The molecule has 0 atom stereocenters. The van der Waals surface area contributed by atoms with Gasteiger partial charge in [0.25, 0.3) is 0 Å². The molecular weight excluding hydrogens is 648 g/mol. The Morgan fingerprint density at radius 3 is 0.843 bits per heavy atom. The minimum atomic E-state index is -0.976. The van der Waals surface area contributed by atoms with Gasteiger partial charge in [0, 0.05) is 56.8 Å². The molecule has 0 radical (unpaired) electrons. The first kappa shape index (κ1) is 36.8. The SMILES string of the molecule is CN(c1ccccc1)c1ncccc1C(=O)O.CN(c1ccccc1)c1ncccc1C(=O)O.CN(c1ccccc1)c1ncccc1C(=O)O. The molecule has 3 aromatic heterocycles. The molecule has 0 saturated carbocycles. The molecule has 258 valence electrons. The van der Waals surface area contributed by atoms with Gasteiger partial charge >= 0.3 is 17.9 Å². The van der Waals surface area contributed by atoms with E-state index in [-0.39, 0.29) is 16.7 Å². The fraction of sp³-hybridized carbons (Fsp3) is 0.0769. The van der Waals surface area contributed by atoms with Gasteiger partial charge in [0.1, 0.15) is 34.1 Å². The lowest BCUT2D eigenvalue weighted by Gasteiger charge is -2.19. The summed E-state index contributed by atoms with van der Waals surface area (Å²) in [6.07, 6.45) is 4.75. The van der Waals surface area contributed by atoms with Crippen LogP contribution in [0, 0.1) is 0 Å². The number of hydrogen-bond donors (Lipinski definition) is 3. The highest BCUT2D eigenvalue weighted by Crippen LogP contribution is 2.26. The van der Waals surface area contributed by atoms with Gasteiger partial charge in [0.15, 0.2) is 0 Å². The van der Waals surface area contributed by atoms with Crippen molar-refractivity contribution in [3.8, 4) is 0 Å². The third-order valence-electron chi connectivity index (χ3n) is 7.43. The minimum Gasteiger partial charge on any atom is -0.478 e. The number of carboxylic acid groups (broad SMARTS) is 3. The Bertz CT molecular complexity index is 1810. The highest BCUT2D eigenvalue weighted by atomic mass is 16.4. The number of carbonyl (C=O) groups is 3. The Morgan fingerprint density at radius 2 is 0.627 bits per heavy atom. The Balaban J connectivity index is 0.000000172. The van der Waals surface area contributed by atoms with E-state index in [0.29, 0.717) is 17.5 Å². The molecule has 0 bridgehead atoms. The van der Waals surface area contributed by atoms with Crippen LogP contribution in [-0.4, -0.2) is 69.3 Å². The van der Waals surface area contributed by atoms with E-state index < -0.39 is 17.9 Å². The van der Waals surface area contributed by atoms with Gasteiger partial charge in [-0.25, -0.2) is 29.3 Å². The standard InChI is InChI=1S/3C13H12N2O2/c3*1-15(10-6-3-2-4-7-10)12-11(13(16)17)8-5-9-14-12/h3*2-9H,1H3,(H,16,17). The van der Waals surface area contributed by atoms with Crippen LogP contribution in [0.5, 0.6) is 0 Å². The van der Waals surface area contributed by atoms with Gasteiger partial charge in [-0.1, -0.05) is 54.6 Å². The maximum Gasteiger partial charge on any atom is 0.339 e. The lowest BCUT2D eigenvalue weighted by Crippen LogP contribution is -2.15. The van der Waals surface area contributed by atoms with E-state index in [0.717, 1.165) is 17.1 Å². The Morgan fingerprint density at radius 1 is 0.392 bits per heavy atom. The first-order chi connectivity index (χ1) is 24.6. The lowest BCUT2D eigenvalue weighted by atomic mass is 10.2. The van der Waals surface area contributed by atoms with Gasteiger partial charge in [0.2, 0.25) is 0 Å². The van der Waals surface area contributed by atoms with E-state index >= 15 is 0 Å². The van der Waals surface area contributed by atoms with Crippen LogP contribution in [0.25, 0.3) is 0 Å². The predicted octanol–water partition coefficient (Wildman–Crippen LogP) is 7.64. The van der Waals surface area contributed by atoms with Crippen LogP contribution >= 0.6 is 0 Å². The molecule has 51 heavy (non-hydrogen) atoms. The number of benzene rings is 3. The number of pyridine rings is 3. The van der Waals surface area contributed by atoms with E-state index in [1.54, 1.807) is 90.8 Å². The first-order valence-corrected chi connectivity index (χ1v) is 15.5.